The zero-order valence-electron chi connectivity index (χ0n) is 18.6. The van der Waals surface area contributed by atoms with Crippen LogP contribution in [0.5, 0.6) is 0 Å². The number of nitrogens with zero attached hydrogens (tertiary/aromatic N) is 3. The van der Waals surface area contributed by atoms with E-state index in [4.69, 9.17) is 0 Å². The molecule has 0 spiro atoms. The Hall–Kier alpha value is -4.68. The maximum atomic E-state index is 13.1. The molecule has 0 radical (unpaired) electrons. The number of amides is 3. The van der Waals surface area contributed by atoms with Gasteiger partial charge in [-0.2, -0.15) is 13.2 Å². The number of nitro groups is 1. The Bertz CT molecular complexity index is 1440. The van der Waals surface area contributed by atoms with E-state index in [1.54, 1.807) is 6.92 Å². The summed E-state index contributed by atoms with van der Waals surface area (Å²) in [7, 11) is 0. The molecule has 3 aromatic rings. The van der Waals surface area contributed by atoms with Crippen LogP contribution in [0.3, 0.4) is 0 Å². The fourth-order valence-electron chi connectivity index (χ4n) is 3.66. The zero-order valence-corrected chi connectivity index (χ0v) is 18.6. The number of aromatic amines is 1. The first kappa shape index (κ1) is 24.4. The van der Waals surface area contributed by atoms with Crippen LogP contribution < -0.4 is 10.9 Å². The number of nitro benzene ring substituents is 1. The number of carbonyl (C=O) groups is 2. The Morgan fingerprint density at radius 2 is 1.67 bits per heavy atom. The summed E-state index contributed by atoms with van der Waals surface area (Å²) in [5.41, 5.74) is -0.522. The molecule has 0 bridgehead atoms. The van der Waals surface area contributed by atoms with Crippen LogP contribution in [-0.4, -0.2) is 31.5 Å². The van der Waals surface area contributed by atoms with Crippen LogP contribution in [0.1, 0.15) is 29.3 Å². The molecule has 0 aliphatic carbocycles. The molecule has 1 aliphatic rings. The van der Waals surface area contributed by atoms with Crippen LogP contribution >= 0.6 is 0 Å². The number of halogens is 3. The van der Waals surface area contributed by atoms with Gasteiger partial charge in [0.15, 0.2) is 0 Å². The van der Waals surface area contributed by atoms with Gasteiger partial charge in [0.1, 0.15) is 5.70 Å². The van der Waals surface area contributed by atoms with Crippen molar-refractivity contribution >= 4 is 23.7 Å². The molecule has 186 valence electrons. The molecule has 2 heterocycles. The molecule has 3 amide bonds. The second kappa shape index (κ2) is 9.17. The summed E-state index contributed by atoms with van der Waals surface area (Å²) in [6, 6.07) is 8.55. The van der Waals surface area contributed by atoms with Crippen molar-refractivity contribution in [2.24, 2.45) is 0 Å². The van der Waals surface area contributed by atoms with Gasteiger partial charge < -0.3 is 5.32 Å². The van der Waals surface area contributed by atoms with Gasteiger partial charge in [0.05, 0.1) is 28.3 Å². The van der Waals surface area contributed by atoms with Crippen LogP contribution in [0.25, 0.3) is 11.8 Å². The standard InChI is InChI=1S/C23H18F3N5O5/c1-2-18-17(20(32)30(28-18)15-7-9-16(10-8-15)31(35)36)11-19-21(33)29(22(34)27-19)12-13-3-5-14(6-4-13)23(24,25)26/h3-11,28H,2,12H2,1H3,(H,27,34). The molecule has 0 saturated carbocycles. The van der Waals surface area contributed by atoms with Gasteiger partial charge in [0, 0.05) is 17.8 Å². The van der Waals surface area contributed by atoms with Crippen molar-refractivity contribution in [3.05, 3.63) is 97.1 Å². The van der Waals surface area contributed by atoms with Gasteiger partial charge >= 0.3 is 12.2 Å². The van der Waals surface area contributed by atoms with E-state index in [1.807, 2.05) is 0 Å². The maximum Gasteiger partial charge on any atom is 0.416 e. The van der Waals surface area contributed by atoms with E-state index in [9.17, 15) is 37.7 Å². The predicted octanol–water partition coefficient (Wildman–Crippen LogP) is 3.75. The Morgan fingerprint density at radius 1 is 1.03 bits per heavy atom. The molecule has 1 saturated heterocycles. The van der Waals surface area contributed by atoms with Crippen LogP contribution in [0.4, 0.5) is 23.7 Å². The van der Waals surface area contributed by atoms with E-state index >= 15 is 0 Å². The second-order valence-corrected chi connectivity index (χ2v) is 7.85. The average molecular weight is 501 g/mol. The number of aryl methyl sites for hydroxylation is 1. The Labute approximate surface area is 200 Å². The monoisotopic (exact) mass is 501 g/mol. The van der Waals surface area contributed by atoms with Gasteiger partial charge in [-0.05, 0) is 42.3 Å². The van der Waals surface area contributed by atoms with Gasteiger partial charge in [0.25, 0.3) is 17.2 Å². The number of hydrogen-bond donors (Lipinski definition) is 2. The molecule has 1 aromatic heterocycles. The maximum absolute atomic E-state index is 13.1. The summed E-state index contributed by atoms with van der Waals surface area (Å²) in [6.07, 6.45) is -2.91. The third kappa shape index (κ3) is 4.62. The molecule has 10 nitrogen and oxygen atoms in total. The summed E-state index contributed by atoms with van der Waals surface area (Å²) in [4.78, 5) is 49.4. The van der Waals surface area contributed by atoms with Gasteiger partial charge in [-0.1, -0.05) is 19.1 Å². The van der Waals surface area contributed by atoms with Crippen LogP contribution in [0.2, 0.25) is 0 Å². The van der Waals surface area contributed by atoms with E-state index in [0.29, 0.717) is 23.4 Å². The Kier molecular flexibility index (Phi) is 6.23. The van der Waals surface area contributed by atoms with Crippen molar-refractivity contribution in [1.29, 1.82) is 0 Å². The molecule has 0 atom stereocenters. The number of nitrogens with one attached hydrogen (secondary N) is 2. The Balaban J connectivity index is 1.61. The van der Waals surface area contributed by atoms with E-state index in [2.05, 4.69) is 10.4 Å². The van der Waals surface area contributed by atoms with E-state index < -0.39 is 34.2 Å². The first-order valence-electron chi connectivity index (χ1n) is 10.6. The number of hydrogen-bond acceptors (Lipinski definition) is 5. The number of H-pyrrole nitrogens is 1. The quantitative estimate of drug-likeness (QED) is 0.230. The lowest BCUT2D eigenvalue weighted by molar-refractivity contribution is -0.384. The molecule has 36 heavy (non-hydrogen) atoms. The van der Waals surface area contributed by atoms with Gasteiger partial charge in [-0.25, -0.2) is 9.48 Å². The normalized spacial score (nSPS) is 15.0. The third-order valence-electron chi connectivity index (χ3n) is 5.55. The van der Waals surface area contributed by atoms with Crippen molar-refractivity contribution in [3.63, 3.8) is 0 Å². The Morgan fingerprint density at radius 3 is 2.22 bits per heavy atom. The third-order valence-corrected chi connectivity index (χ3v) is 5.55. The summed E-state index contributed by atoms with van der Waals surface area (Å²) >= 11 is 0. The number of rotatable bonds is 6. The topological polar surface area (TPSA) is 130 Å². The lowest BCUT2D eigenvalue weighted by Crippen LogP contribution is -2.30. The minimum Gasteiger partial charge on any atom is -0.303 e. The summed E-state index contributed by atoms with van der Waals surface area (Å²) < 4.78 is 39.5. The lowest BCUT2D eigenvalue weighted by Gasteiger charge is -2.13. The minimum absolute atomic E-state index is 0.107. The highest BCUT2D eigenvalue weighted by Gasteiger charge is 2.35. The van der Waals surface area contributed by atoms with Gasteiger partial charge in [0.2, 0.25) is 0 Å². The average Bonchev–Trinajstić information content (AvgIpc) is 3.29. The van der Waals surface area contributed by atoms with Gasteiger partial charge in [-0.3, -0.25) is 29.7 Å². The number of carbonyl (C=O) groups excluding carboxylic acids is 2. The minimum atomic E-state index is -4.51. The molecule has 2 aromatic carbocycles. The van der Waals surface area contributed by atoms with Crippen LogP contribution in [-0.2, 0) is 23.9 Å². The van der Waals surface area contributed by atoms with Crippen molar-refractivity contribution in [2.45, 2.75) is 26.1 Å². The molecule has 1 fully saturated rings. The lowest BCUT2D eigenvalue weighted by atomic mass is 10.1. The number of urea groups is 1. The molecular weight excluding hydrogens is 483 g/mol. The highest BCUT2D eigenvalue weighted by Crippen LogP contribution is 2.29. The smallest absolute Gasteiger partial charge is 0.303 e. The predicted molar refractivity (Wildman–Crippen MR) is 121 cm³/mol. The van der Waals surface area contributed by atoms with Crippen LogP contribution in [0, 0.1) is 10.1 Å². The first-order valence-corrected chi connectivity index (χ1v) is 10.6. The fourth-order valence-corrected chi connectivity index (χ4v) is 3.66. The van der Waals surface area contributed by atoms with Crippen molar-refractivity contribution in [3.8, 4) is 5.69 Å². The fraction of sp³-hybridized carbons (Fsp3) is 0.174. The SMILES string of the molecule is CCc1[nH]n(-c2ccc([N+](=O)[O-])cc2)c(=O)c1C=C1NC(=O)N(Cc2ccc(C(F)(F)F)cc2)C1=O. The number of benzene rings is 2. The zero-order chi connectivity index (χ0) is 26.2. The molecule has 1 aliphatic heterocycles. The van der Waals surface area contributed by atoms with Crippen molar-refractivity contribution in [1.82, 2.24) is 20.0 Å². The molecule has 0 unspecified atom stereocenters. The second-order valence-electron chi connectivity index (χ2n) is 7.85. The molecule has 2 N–H and O–H groups in total. The van der Waals surface area contributed by atoms with Crippen LogP contribution in [0.15, 0.2) is 59.0 Å². The number of alkyl halides is 3. The molecular formula is C23H18F3N5O5. The van der Waals surface area contributed by atoms with Crippen molar-refractivity contribution < 1.29 is 27.7 Å². The number of non-ortho nitro benzene ring substituents is 1. The number of imide groups is 1. The molecule has 13 heteroatoms. The molecule has 4 rings (SSSR count). The summed E-state index contributed by atoms with van der Waals surface area (Å²) in [5.74, 6) is -0.746. The highest BCUT2D eigenvalue weighted by molar-refractivity contribution is 6.13. The highest BCUT2D eigenvalue weighted by atomic mass is 19.4. The van der Waals surface area contributed by atoms with Gasteiger partial charge in [-0.15, -0.1) is 0 Å². The van der Waals surface area contributed by atoms with Crippen molar-refractivity contribution in [2.75, 3.05) is 0 Å². The largest absolute Gasteiger partial charge is 0.416 e. The van der Waals surface area contributed by atoms with E-state index in [-0.39, 0.29) is 23.5 Å². The summed E-state index contributed by atoms with van der Waals surface area (Å²) in [6.45, 7) is 1.50. The number of aromatic nitrogens is 2. The van der Waals surface area contributed by atoms with E-state index in [0.717, 1.165) is 21.7 Å². The van der Waals surface area contributed by atoms with E-state index in [1.165, 1.54) is 42.5 Å². The first-order chi connectivity index (χ1) is 17.0. The summed E-state index contributed by atoms with van der Waals surface area (Å²) in [5, 5.41) is 16.2.